The molecule has 0 aromatic heterocycles. The Hall–Kier alpha value is -1.67. The molecule has 0 saturated carbocycles. The first-order valence-electron chi connectivity index (χ1n) is 7.79. The number of hydrogen-bond acceptors (Lipinski definition) is 7. The van der Waals surface area contributed by atoms with Crippen LogP contribution in [-0.4, -0.2) is 75.0 Å². The normalized spacial score (nSPS) is 17.1. The number of likely N-dealkylation sites (N-methyl/N-ethyl adjacent to an activating group) is 1. The molecule has 0 aromatic rings. The Morgan fingerprint density at radius 3 is 2.26 bits per heavy atom. The van der Waals surface area contributed by atoms with Crippen molar-refractivity contribution in [2.24, 2.45) is 0 Å². The van der Waals surface area contributed by atoms with E-state index in [1.165, 1.54) is 7.05 Å². The van der Waals surface area contributed by atoms with Gasteiger partial charge in [-0.05, 0) is 26.7 Å². The molecule has 0 bridgehead atoms. The second-order valence-corrected chi connectivity index (χ2v) is 5.06. The Balaban J connectivity index is 2.55. The zero-order valence-electron chi connectivity index (χ0n) is 13.9. The molecule has 1 fully saturated rings. The number of rotatable bonds is 9. The van der Waals surface area contributed by atoms with Crippen LogP contribution in [0.3, 0.4) is 0 Å². The third-order valence-corrected chi connectivity index (χ3v) is 3.35. The van der Waals surface area contributed by atoms with Gasteiger partial charge in [-0.3, -0.25) is 4.79 Å². The first-order chi connectivity index (χ1) is 11.0. The van der Waals surface area contributed by atoms with Gasteiger partial charge in [0.1, 0.15) is 6.61 Å². The summed E-state index contributed by atoms with van der Waals surface area (Å²) in [7, 11) is 1.34. The molecule has 132 valence electrons. The van der Waals surface area contributed by atoms with Crippen LogP contribution >= 0.6 is 0 Å². The summed E-state index contributed by atoms with van der Waals surface area (Å²) in [6.45, 7) is 4.21. The van der Waals surface area contributed by atoms with Crippen molar-refractivity contribution in [2.75, 3.05) is 40.1 Å². The van der Waals surface area contributed by atoms with Gasteiger partial charge in [-0.1, -0.05) is 0 Å². The van der Waals surface area contributed by atoms with E-state index in [9.17, 15) is 14.4 Å². The van der Waals surface area contributed by atoms with Crippen LogP contribution in [0, 0.1) is 0 Å². The molecule has 0 unspecified atom stereocenters. The van der Waals surface area contributed by atoms with E-state index in [0.29, 0.717) is 13.2 Å². The van der Waals surface area contributed by atoms with Crippen LogP contribution in [0.15, 0.2) is 0 Å². The number of esters is 2. The number of ether oxygens (including phenoxy) is 4. The van der Waals surface area contributed by atoms with Crippen molar-refractivity contribution < 1.29 is 33.3 Å². The minimum Gasteiger partial charge on any atom is -0.464 e. The zero-order chi connectivity index (χ0) is 17.2. The van der Waals surface area contributed by atoms with Crippen LogP contribution in [0.1, 0.15) is 26.7 Å². The summed E-state index contributed by atoms with van der Waals surface area (Å²) in [6, 6.07) is -1.42. The smallest absolute Gasteiger partial charge is 0.340 e. The lowest BCUT2D eigenvalue weighted by Gasteiger charge is -2.24. The summed E-state index contributed by atoms with van der Waals surface area (Å²) >= 11 is 0. The van der Waals surface area contributed by atoms with Crippen LogP contribution in [0.5, 0.6) is 0 Å². The summed E-state index contributed by atoms with van der Waals surface area (Å²) in [4.78, 5) is 36.9. The van der Waals surface area contributed by atoms with E-state index in [1.807, 2.05) is 0 Å². The lowest BCUT2D eigenvalue weighted by Crippen LogP contribution is -2.50. The van der Waals surface area contributed by atoms with Crippen LogP contribution in [0.4, 0.5) is 0 Å². The molecule has 1 aliphatic rings. The lowest BCUT2D eigenvalue weighted by molar-refractivity contribution is -0.167. The number of carbonyl (C=O) groups is 3. The Bertz CT molecular complexity index is 389. The molecule has 1 heterocycles. The zero-order valence-corrected chi connectivity index (χ0v) is 13.9. The van der Waals surface area contributed by atoms with E-state index in [1.54, 1.807) is 13.8 Å². The molecule has 1 aliphatic heterocycles. The molecule has 1 saturated heterocycles. The molecular weight excluding hydrogens is 306 g/mol. The van der Waals surface area contributed by atoms with Crippen molar-refractivity contribution in [3.8, 4) is 0 Å². The van der Waals surface area contributed by atoms with E-state index in [0.717, 1.165) is 17.7 Å². The molecule has 0 radical (unpaired) electrons. The molecule has 8 nitrogen and oxygen atoms in total. The summed E-state index contributed by atoms with van der Waals surface area (Å²) in [5.41, 5.74) is 0. The first-order valence-corrected chi connectivity index (χ1v) is 7.79. The van der Waals surface area contributed by atoms with E-state index in [-0.39, 0.29) is 25.9 Å². The highest BCUT2D eigenvalue weighted by atomic mass is 16.6. The summed E-state index contributed by atoms with van der Waals surface area (Å²) in [5, 5.41) is 0. The van der Waals surface area contributed by atoms with E-state index in [2.05, 4.69) is 0 Å². The van der Waals surface area contributed by atoms with Gasteiger partial charge >= 0.3 is 11.9 Å². The average Bonchev–Trinajstić information content (AvgIpc) is 3.01. The van der Waals surface area contributed by atoms with Crippen LogP contribution in [0.25, 0.3) is 0 Å². The fourth-order valence-electron chi connectivity index (χ4n) is 2.15. The monoisotopic (exact) mass is 331 g/mol. The van der Waals surface area contributed by atoms with Crippen molar-refractivity contribution in [1.82, 2.24) is 4.90 Å². The minimum absolute atomic E-state index is 0.000911. The van der Waals surface area contributed by atoms with Crippen LogP contribution in [0.2, 0.25) is 0 Å². The number of nitrogens with zero attached hydrogens (tertiary/aromatic N) is 1. The highest BCUT2D eigenvalue weighted by Crippen LogP contribution is 2.12. The minimum atomic E-state index is -1.42. The lowest BCUT2D eigenvalue weighted by atomic mass is 10.2. The van der Waals surface area contributed by atoms with Gasteiger partial charge in [0, 0.05) is 13.7 Å². The maximum Gasteiger partial charge on any atom is 0.340 e. The van der Waals surface area contributed by atoms with Gasteiger partial charge in [0.15, 0.2) is 0 Å². The molecule has 0 aliphatic carbocycles. The molecular formula is C15H25NO7. The quantitative estimate of drug-likeness (QED) is 0.438. The van der Waals surface area contributed by atoms with Gasteiger partial charge in [0.2, 0.25) is 11.9 Å². The van der Waals surface area contributed by atoms with Crippen LogP contribution < -0.4 is 0 Å². The predicted octanol–water partition coefficient (Wildman–Crippen LogP) is 0.135. The van der Waals surface area contributed by atoms with E-state index >= 15 is 0 Å². The number of amides is 1. The average molecular weight is 331 g/mol. The fraction of sp³-hybridized carbons (Fsp3) is 0.800. The third-order valence-electron chi connectivity index (χ3n) is 3.35. The van der Waals surface area contributed by atoms with Gasteiger partial charge in [-0.15, -0.1) is 0 Å². The highest BCUT2D eigenvalue weighted by Gasteiger charge is 2.36. The first kappa shape index (κ1) is 19.4. The molecule has 0 N–H and O–H groups in total. The molecule has 1 amide bonds. The van der Waals surface area contributed by atoms with Gasteiger partial charge in [-0.2, -0.15) is 0 Å². The molecule has 8 heteroatoms. The van der Waals surface area contributed by atoms with E-state index in [4.69, 9.17) is 18.9 Å². The molecule has 0 aromatic carbocycles. The number of carbonyl (C=O) groups excluding carboxylic acids is 3. The standard InChI is InChI=1S/C15H25NO7/c1-4-21-14(18)13(15(19)22-5-2)16(3)12(17)10-20-9-11-7-6-8-23-11/h11,13H,4-10H2,1-3H3/t11-/m1/s1. The Labute approximate surface area is 136 Å². The summed E-state index contributed by atoms with van der Waals surface area (Å²) in [6.07, 6.45) is 1.88. The maximum atomic E-state index is 12.1. The second-order valence-electron chi connectivity index (χ2n) is 5.06. The largest absolute Gasteiger partial charge is 0.464 e. The van der Waals surface area contributed by atoms with Crippen molar-refractivity contribution in [2.45, 2.75) is 38.8 Å². The SMILES string of the molecule is CCOC(=O)C(C(=O)OCC)N(C)C(=O)COC[C@H]1CCCO1. The molecule has 1 atom stereocenters. The third kappa shape index (κ3) is 6.15. The Kier molecular flexibility index (Phi) is 8.57. The van der Waals surface area contributed by atoms with Gasteiger partial charge in [0.25, 0.3) is 0 Å². The Morgan fingerprint density at radius 1 is 1.17 bits per heavy atom. The van der Waals surface area contributed by atoms with Crippen molar-refractivity contribution in [1.29, 1.82) is 0 Å². The van der Waals surface area contributed by atoms with Crippen molar-refractivity contribution >= 4 is 17.8 Å². The number of hydrogen-bond donors (Lipinski definition) is 0. The van der Waals surface area contributed by atoms with Crippen LogP contribution in [-0.2, 0) is 33.3 Å². The van der Waals surface area contributed by atoms with Gasteiger partial charge in [0.05, 0.1) is 25.9 Å². The molecule has 1 rings (SSSR count). The van der Waals surface area contributed by atoms with Gasteiger partial charge < -0.3 is 23.8 Å². The predicted molar refractivity (Wildman–Crippen MR) is 79.6 cm³/mol. The second kappa shape index (κ2) is 10.2. The summed E-state index contributed by atoms with van der Waals surface area (Å²) < 4.78 is 20.4. The topological polar surface area (TPSA) is 91.4 Å². The molecule has 0 spiro atoms. The van der Waals surface area contributed by atoms with Crippen molar-refractivity contribution in [3.63, 3.8) is 0 Å². The summed E-state index contributed by atoms with van der Waals surface area (Å²) in [5.74, 6) is -2.14. The maximum absolute atomic E-state index is 12.1. The Morgan fingerprint density at radius 2 is 1.78 bits per heavy atom. The fourth-order valence-corrected chi connectivity index (χ4v) is 2.15. The van der Waals surface area contributed by atoms with E-state index < -0.39 is 23.9 Å². The van der Waals surface area contributed by atoms with Gasteiger partial charge in [-0.25, -0.2) is 9.59 Å². The highest BCUT2D eigenvalue weighted by molar-refractivity contribution is 6.02. The molecule has 23 heavy (non-hydrogen) atoms. The van der Waals surface area contributed by atoms with Crippen molar-refractivity contribution in [3.05, 3.63) is 0 Å².